The third kappa shape index (κ3) is 3.34. The largest absolute Gasteiger partial charge is 0.492 e. The molecule has 0 aliphatic carbocycles. The van der Waals surface area contributed by atoms with Crippen LogP contribution >= 0.6 is 0 Å². The molecule has 1 saturated heterocycles. The predicted molar refractivity (Wildman–Crippen MR) is 114 cm³/mol. The van der Waals surface area contributed by atoms with Crippen molar-refractivity contribution in [3.63, 3.8) is 0 Å². The minimum atomic E-state index is -0.864. The van der Waals surface area contributed by atoms with E-state index in [-0.39, 0.29) is 36.7 Å². The summed E-state index contributed by atoms with van der Waals surface area (Å²) in [6, 6.07) is 6.57. The number of fused-ring (bicyclic) bond motifs is 2. The fourth-order valence-corrected chi connectivity index (χ4v) is 4.27. The Kier molecular flexibility index (Phi) is 4.80. The third-order valence-corrected chi connectivity index (χ3v) is 6.03. The van der Waals surface area contributed by atoms with E-state index in [1.807, 2.05) is 0 Å². The Hall–Kier alpha value is -4.27. The Balaban J connectivity index is 1.29. The molecule has 5 heterocycles. The van der Waals surface area contributed by atoms with Crippen molar-refractivity contribution in [2.75, 3.05) is 6.61 Å². The van der Waals surface area contributed by atoms with Gasteiger partial charge in [-0.3, -0.25) is 19.1 Å². The normalized spacial score (nSPS) is 21.9. The Labute approximate surface area is 196 Å². The van der Waals surface area contributed by atoms with Crippen molar-refractivity contribution >= 4 is 23.0 Å². The molecule has 2 aliphatic heterocycles. The van der Waals surface area contributed by atoms with Gasteiger partial charge in [0.2, 0.25) is 5.88 Å². The lowest BCUT2D eigenvalue weighted by Gasteiger charge is -2.13. The molecule has 1 aromatic carbocycles. The monoisotopic (exact) mass is 478 g/mol. The zero-order valence-corrected chi connectivity index (χ0v) is 18.0. The maximum Gasteiger partial charge on any atom is 0.261 e. The van der Waals surface area contributed by atoms with E-state index in [4.69, 9.17) is 4.74 Å². The number of amides is 2. The molecule has 3 N–H and O–H groups in total. The van der Waals surface area contributed by atoms with Crippen molar-refractivity contribution in [2.45, 2.75) is 31.4 Å². The number of imide groups is 1. The van der Waals surface area contributed by atoms with Gasteiger partial charge in [-0.15, -0.1) is 5.10 Å². The van der Waals surface area contributed by atoms with E-state index >= 15 is 0 Å². The van der Waals surface area contributed by atoms with Crippen LogP contribution in [0.15, 0.2) is 36.8 Å². The Morgan fingerprint density at radius 3 is 2.54 bits per heavy atom. The standard InChI is InChI=1S/C21H18N8O6/c30-8-14-13(31)5-15(35-14)28-9-22-16-17(28)23-21(24-18(16)32)29-7-10(25-26-29)6-27-19(33)11-3-1-2-4-12(11)20(27)34/h1-4,7,9,13-15,30-31H,5-6,8H2,(H,23,24,32)/t13-,14+,15+/m0/s1. The number of benzene rings is 1. The number of aliphatic hydroxyl groups excluding tert-OH is 2. The molecule has 178 valence electrons. The second-order valence-corrected chi connectivity index (χ2v) is 8.18. The van der Waals surface area contributed by atoms with Gasteiger partial charge in [0.15, 0.2) is 11.2 Å². The summed E-state index contributed by atoms with van der Waals surface area (Å²) < 4.78 is 8.39. The van der Waals surface area contributed by atoms with E-state index in [0.29, 0.717) is 16.8 Å². The van der Waals surface area contributed by atoms with Gasteiger partial charge >= 0.3 is 0 Å². The lowest BCUT2D eigenvalue weighted by molar-refractivity contribution is -0.0432. The molecular weight excluding hydrogens is 460 g/mol. The van der Waals surface area contributed by atoms with E-state index in [9.17, 15) is 24.9 Å². The number of aliphatic hydroxyl groups is 2. The van der Waals surface area contributed by atoms with Gasteiger partial charge in [0.05, 0.1) is 42.9 Å². The van der Waals surface area contributed by atoms with Gasteiger partial charge in [-0.1, -0.05) is 17.3 Å². The molecule has 14 nitrogen and oxygen atoms in total. The number of carbonyl (C=O) groups excluding carboxylic acids is 2. The number of carbonyl (C=O) groups is 2. The predicted octanol–water partition coefficient (Wildman–Crippen LogP) is -0.451. The number of aromatic hydroxyl groups is 1. The molecule has 0 saturated carbocycles. The highest BCUT2D eigenvalue weighted by atomic mass is 16.5. The second-order valence-electron chi connectivity index (χ2n) is 8.18. The van der Waals surface area contributed by atoms with Crippen molar-refractivity contribution in [1.29, 1.82) is 0 Å². The van der Waals surface area contributed by atoms with Gasteiger partial charge in [0.1, 0.15) is 18.0 Å². The van der Waals surface area contributed by atoms with Gasteiger partial charge in [-0.2, -0.15) is 14.6 Å². The molecule has 2 aliphatic rings. The first-order chi connectivity index (χ1) is 16.9. The van der Waals surface area contributed by atoms with Crippen LogP contribution in [0, 0.1) is 0 Å². The van der Waals surface area contributed by atoms with Crippen LogP contribution in [0.25, 0.3) is 17.1 Å². The molecule has 4 aromatic rings. The number of nitrogens with zero attached hydrogens (tertiary/aromatic N) is 8. The average molecular weight is 478 g/mol. The smallest absolute Gasteiger partial charge is 0.261 e. The Morgan fingerprint density at radius 1 is 1.11 bits per heavy atom. The van der Waals surface area contributed by atoms with Crippen LogP contribution in [0.4, 0.5) is 0 Å². The summed E-state index contributed by atoms with van der Waals surface area (Å²) in [5.41, 5.74) is 1.31. The zero-order chi connectivity index (χ0) is 24.3. The van der Waals surface area contributed by atoms with Crippen LogP contribution in [-0.4, -0.2) is 85.4 Å². The summed E-state index contributed by atoms with van der Waals surface area (Å²) in [6.45, 7) is -0.445. The summed E-state index contributed by atoms with van der Waals surface area (Å²) in [5.74, 6) is -1.27. The molecular formula is C21H18N8O6. The average Bonchev–Trinajstić information content (AvgIpc) is 3.62. The van der Waals surface area contributed by atoms with Crippen LogP contribution in [0.2, 0.25) is 0 Å². The number of aromatic nitrogens is 7. The van der Waals surface area contributed by atoms with Gasteiger partial charge in [-0.25, -0.2) is 4.98 Å². The number of ether oxygens (including phenoxy) is 1. The maximum atomic E-state index is 12.6. The van der Waals surface area contributed by atoms with Crippen LogP contribution in [0.5, 0.6) is 5.88 Å². The van der Waals surface area contributed by atoms with E-state index in [2.05, 4.69) is 25.3 Å². The summed E-state index contributed by atoms with van der Waals surface area (Å²) in [5, 5.41) is 37.8. The maximum absolute atomic E-state index is 12.6. The molecule has 0 radical (unpaired) electrons. The first kappa shape index (κ1) is 21.3. The van der Waals surface area contributed by atoms with Crippen LogP contribution < -0.4 is 0 Å². The second kappa shape index (κ2) is 7.90. The molecule has 14 heteroatoms. The van der Waals surface area contributed by atoms with Crippen molar-refractivity contribution in [1.82, 2.24) is 39.4 Å². The molecule has 35 heavy (non-hydrogen) atoms. The van der Waals surface area contributed by atoms with Gasteiger partial charge in [0, 0.05) is 6.42 Å². The fourth-order valence-electron chi connectivity index (χ4n) is 4.27. The van der Waals surface area contributed by atoms with E-state index in [0.717, 1.165) is 4.90 Å². The summed E-state index contributed by atoms with van der Waals surface area (Å²) in [4.78, 5) is 38.9. The van der Waals surface area contributed by atoms with Crippen molar-refractivity contribution in [3.8, 4) is 11.8 Å². The molecule has 0 unspecified atom stereocenters. The first-order valence-electron chi connectivity index (χ1n) is 10.7. The number of rotatable bonds is 5. The molecule has 2 amide bonds. The molecule has 6 rings (SSSR count). The molecule has 0 spiro atoms. The quantitative estimate of drug-likeness (QED) is 0.316. The lowest BCUT2D eigenvalue weighted by Crippen LogP contribution is -2.29. The summed E-state index contributed by atoms with van der Waals surface area (Å²) >= 11 is 0. The highest BCUT2D eigenvalue weighted by Gasteiger charge is 2.37. The summed E-state index contributed by atoms with van der Waals surface area (Å²) in [7, 11) is 0. The van der Waals surface area contributed by atoms with Crippen LogP contribution in [0.3, 0.4) is 0 Å². The fraction of sp³-hybridized carbons (Fsp3) is 0.286. The molecule has 1 fully saturated rings. The highest BCUT2D eigenvalue weighted by molar-refractivity contribution is 6.21. The minimum absolute atomic E-state index is 0.0323. The SMILES string of the molecule is O=C1c2ccccc2C(=O)N1Cc1cn(-c2nc(O)c3ncn([C@H]4C[C@H](O)[C@@H](CO)O4)c3n2)nn1. The first-order valence-corrected chi connectivity index (χ1v) is 10.7. The van der Waals surface area contributed by atoms with Gasteiger partial charge in [-0.05, 0) is 12.1 Å². The summed E-state index contributed by atoms with van der Waals surface area (Å²) in [6.07, 6.45) is 0.779. The van der Waals surface area contributed by atoms with Gasteiger partial charge in [0.25, 0.3) is 17.8 Å². The van der Waals surface area contributed by atoms with Crippen LogP contribution in [0.1, 0.15) is 39.1 Å². The van der Waals surface area contributed by atoms with E-state index in [1.165, 1.54) is 21.8 Å². The number of hydrogen-bond donors (Lipinski definition) is 3. The highest BCUT2D eigenvalue weighted by Crippen LogP contribution is 2.32. The topological polar surface area (TPSA) is 182 Å². The van der Waals surface area contributed by atoms with Crippen LogP contribution in [-0.2, 0) is 11.3 Å². The third-order valence-electron chi connectivity index (χ3n) is 6.03. The van der Waals surface area contributed by atoms with Gasteiger partial charge < -0.3 is 20.1 Å². The Bertz CT molecular complexity index is 1450. The molecule has 3 aromatic heterocycles. The van der Waals surface area contributed by atoms with Crippen molar-refractivity contribution < 1.29 is 29.6 Å². The van der Waals surface area contributed by atoms with Crippen molar-refractivity contribution in [3.05, 3.63) is 53.6 Å². The Morgan fingerprint density at radius 2 is 1.86 bits per heavy atom. The zero-order valence-electron chi connectivity index (χ0n) is 18.0. The number of imidazole rings is 1. The molecule has 3 atom stereocenters. The van der Waals surface area contributed by atoms with E-state index in [1.54, 1.807) is 24.3 Å². The van der Waals surface area contributed by atoms with Crippen molar-refractivity contribution in [2.24, 2.45) is 0 Å². The number of hydrogen-bond acceptors (Lipinski definition) is 11. The van der Waals surface area contributed by atoms with E-state index < -0.39 is 36.1 Å². The molecule has 0 bridgehead atoms. The lowest BCUT2D eigenvalue weighted by atomic mass is 10.1. The minimum Gasteiger partial charge on any atom is -0.492 e.